The highest BCUT2D eigenvalue weighted by molar-refractivity contribution is 5.88. The number of rotatable bonds is 4. The van der Waals surface area contributed by atoms with Gasteiger partial charge in [-0.1, -0.05) is 6.08 Å². The summed E-state index contributed by atoms with van der Waals surface area (Å²) in [5.74, 6) is -1.26. The molecule has 0 spiro atoms. The first-order valence-electron chi connectivity index (χ1n) is 4.77. The number of carbonyl (C=O) groups is 2. The van der Waals surface area contributed by atoms with Crippen molar-refractivity contribution in [3.63, 3.8) is 0 Å². The molecule has 0 radical (unpaired) electrons. The number of alkyl carbamates (subject to hydrolysis) is 1. The molecular weight excluding hydrogens is 198 g/mol. The first-order chi connectivity index (χ1) is 6.92. The first kappa shape index (κ1) is 11.6. The van der Waals surface area contributed by atoms with E-state index < -0.39 is 17.6 Å². The number of carbonyl (C=O) groups excluding carboxylic acids is 1. The lowest BCUT2D eigenvalue weighted by atomic mass is 10.2. The maximum atomic E-state index is 11.2. The Morgan fingerprint density at radius 2 is 2.27 bits per heavy atom. The van der Waals surface area contributed by atoms with Crippen LogP contribution in [0.2, 0.25) is 0 Å². The van der Waals surface area contributed by atoms with Crippen molar-refractivity contribution in [2.24, 2.45) is 5.92 Å². The van der Waals surface area contributed by atoms with Crippen LogP contribution in [0.1, 0.15) is 20.3 Å². The molecule has 0 aromatic carbocycles. The summed E-state index contributed by atoms with van der Waals surface area (Å²) in [5.41, 5.74) is -1.20. The number of carboxylic acid groups (broad SMARTS) is 1. The third-order valence-corrected chi connectivity index (χ3v) is 2.35. The standard InChI is InChI=1S/C10H15NO4/c1-4-7-5-10(7,8(12)13)11-9(14)15-6(2)3/h4,6-7H,1,5H2,2-3H3,(H,11,14)(H,12,13)/t7-,10-/m0/s1. The molecular formula is C10H15NO4. The summed E-state index contributed by atoms with van der Waals surface area (Å²) in [7, 11) is 0. The van der Waals surface area contributed by atoms with Crippen LogP contribution in [-0.2, 0) is 9.53 Å². The van der Waals surface area contributed by atoms with Crippen LogP contribution in [0.4, 0.5) is 4.79 Å². The lowest BCUT2D eigenvalue weighted by molar-refractivity contribution is -0.140. The van der Waals surface area contributed by atoms with Crippen LogP contribution in [-0.4, -0.2) is 28.8 Å². The molecule has 2 N–H and O–H groups in total. The maximum Gasteiger partial charge on any atom is 0.408 e. The molecule has 1 amide bonds. The molecule has 1 rings (SSSR count). The van der Waals surface area contributed by atoms with Gasteiger partial charge in [0.05, 0.1) is 6.10 Å². The molecule has 0 aliphatic heterocycles. The van der Waals surface area contributed by atoms with E-state index in [1.165, 1.54) is 6.08 Å². The zero-order valence-electron chi connectivity index (χ0n) is 8.82. The normalized spacial score (nSPS) is 28.3. The number of carboxylic acids is 1. The van der Waals surface area contributed by atoms with Gasteiger partial charge in [-0.05, 0) is 20.3 Å². The summed E-state index contributed by atoms with van der Waals surface area (Å²) in [6.45, 7) is 6.91. The Kier molecular flexibility index (Phi) is 3.02. The fourth-order valence-electron chi connectivity index (χ4n) is 1.44. The minimum absolute atomic E-state index is 0.213. The van der Waals surface area contributed by atoms with Gasteiger partial charge in [0, 0.05) is 5.92 Å². The monoisotopic (exact) mass is 213 g/mol. The van der Waals surface area contributed by atoms with Gasteiger partial charge in [-0.25, -0.2) is 9.59 Å². The first-order valence-corrected chi connectivity index (χ1v) is 4.77. The summed E-state index contributed by atoms with van der Waals surface area (Å²) >= 11 is 0. The SMILES string of the molecule is C=C[C@H]1C[C@@]1(NC(=O)OC(C)C)C(=O)O. The number of ether oxygens (including phenoxy) is 1. The van der Waals surface area contributed by atoms with Crippen LogP contribution in [0.15, 0.2) is 12.7 Å². The Morgan fingerprint density at radius 1 is 1.67 bits per heavy atom. The maximum absolute atomic E-state index is 11.2. The van der Waals surface area contributed by atoms with Gasteiger partial charge in [0.25, 0.3) is 0 Å². The van der Waals surface area contributed by atoms with Crippen LogP contribution >= 0.6 is 0 Å². The van der Waals surface area contributed by atoms with Crippen LogP contribution in [0.5, 0.6) is 0 Å². The van der Waals surface area contributed by atoms with Gasteiger partial charge < -0.3 is 15.2 Å². The van der Waals surface area contributed by atoms with Crippen LogP contribution in [0.25, 0.3) is 0 Å². The van der Waals surface area contributed by atoms with Crippen molar-refractivity contribution >= 4 is 12.1 Å². The Bertz CT molecular complexity index is 300. The highest BCUT2D eigenvalue weighted by atomic mass is 16.6. The Labute approximate surface area is 88.1 Å². The molecule has 1 saturated carbocycles. The second kappa shape index (κ2) is 3.92. The van der Waals surface area contributed by atoms with E-state index in [1.807, 2.05) is 0 Å². The number of aliphatic carboxylic acids is 1. The molecule has 1 aliphatic carbocycles. The summed E-state index contributed by atoms with van der Waals surface area (Å²) in [5, 5.41) is 11.3. The summed E-state index contributed by atoms with van der Waals surface area (Å²) < 4.78 is 4.82. The van der Waals surface area contributed by atoms with Crippen LogP contribution < -0.4 is 5.32 Å². The third-order valence-electron chi connectivity index (χ3n) is 2.35. The lowest BCUT2D eigenvalue weighted by Crippen LogP contribution is -2.45. The quantitative estimate of drug-likeness (QED) is 0.687. The van der Waals surface area contributed by atoms with Crippen molar-refractivity contribution in [2.45, 2.75) is 31.9 Å². The van der Waals surface area contributed by atoms with E-state index in [0.29, 0.717) is 6.42 Å². The highest BCUT2D eigenvalue weighted by Crippen LogP contribution is 2.44. The van der Waals surface area contributed by atoms with E-state index in [4.69, 9.17) is 9.84 Å². The summed E-state index contributed by atoms with van der Waals surface area (Å²) in [6.07, 6.45) is 0.941. The van der Waals surface area contributed by atoms with Gasteiger partial charge in [0.15, 0.2) is 0 Å². The van der Waals surface area contributed by atoms with E-state index in [0.717, 1.165) is 0 Å². The Balaban J connectivity index is 2.59. The minimum Gasteiger partial charge on any atom is -0.479 e. The number of nitrogens with one attached hydrogen (secondary N) is 1. The van der Waals surface area contributed by atoms with E-state index in [1.54, 1.807) is 13.8 Å². The molecule has 0 bridgehead atoms. The molecule has 2 atom stereocenters. The molecule has 0 saturated heterocycles. The third kappa shape index (κ3) is 2.29. The fraction of sp³-hybridized carbons (Fsp3) is 0.600. The van der Waals surface area contributed by atoms with Gasteiger partial charge >= 0.3 is 12.1 Å². The van der Waals surface area contributed by atoms with Gasteiger partial charge in [-0.2, -0.15) is 0 Å². The number of hydrogen-bond acceptors (Lipinski definition) is 3. The average molecular weight is 213 g/mol. The van der Waals surface area contributed by atoms with Crippen molar-refractivity contribution in [2.75, 3.05) is 0 Å². The molecule has 0 aromatic rings. The van der Waals surface area contributed by atoms with E-state index >= 15 is 0 Å². The minimum atomic E-state index is -1.20. The van der Waals surface area contributed by atoms with Crippen molar-refractivity contribution in [3.05, 3.63) is 12.7 Å². The van der Waals surface area contributed by atoms with Crippen LogP contribution in [0.3, 0.4) is 0 Å². The molecule has 1 aliphatic rings. The van der Waals surface area contributed by atoms with Gasteiger partial charge in [-0.15, -0.1) is 6.58 Å². The molecule has 1 fully saturated rings. The lowest BCUT2D eigenvalue weighted by Gasteiger charge is -2.15. The molecule has 0 heterocycles. The van der Waals surface area contributed by atoms with Gasteiger partial charge in [0.1, 0.15) is 5.54 Å². The van der Waals surface area contributed by atoms with E-state index in [9.17, 15) is 9.59 Å². The molecule has 5 heteroatoms. The summed E-state index contributed by atoms with van der Waals surface area (Å²) in [4.78, 5) is 22.2. The zero-order valence-corrected chi connectivity index (χ0v) is 8.82. The van der Waals surface area contributed by atoms with Crippen molar-refractivity contribution < 1.29 is 19.4 Å². The summed E-state index contributed by atoms with van der Waals surface area (Å²) in [6, 6.07) is 0. The number of hydrogen-bond donors (Lipinski definition) is 2. The zero-order chi connectivity index (χ0) is 11.6. The predicted octanol–water partition coefficient (Wildman–Crippen LogP) is 1.15. The molecule has 84 valence electrons. The van der Waals surface area contributed by atoms with E-state index in [2.05, 4.69) is 11.9 Å². The molecule has 0 aromatic heterocycles. The van der Waals surface area contributed by atoms with Crippen LogP contribution in [0, 0.1) is 5.92 Å². The van der Waals surface area contributed by atoms with Crippen molar-refractivity contribution in [1.82, 2.24) is 5.32 Å². The second-order valence-electron chi connectivity index (χ2n) is 3.90. The average Bonchev–Trinajstić information content (AvgIpc) is 2.78. The topological polar surface area (TPSA) is 75.6 Å². The smallest absolute Gasteiger partial charge is 0.408 e. The van der Waals surface area contributed by atoms with Crippen molar-refractivity contribution in [1.29, 1.82) is 0 Å². The highest BCUT2D eigenvalue weighted by Gasteiger charge is 2.60. The Morgan fingerprint density at radius 3 is 2.60 bits per heavy atom. The Hall–Kier alpha value is -1.52. The number of amides is 1. The predicted molar refractivity (Wildman–Crippen MR) is 53.4 cm³/mol. The molecule has 15 heavy (non-hydrogen) atoms. The second-order valence-corrected chi connectivity index (χ2v) is 3.90. The van der Waals surface area contributed by atoms with Gasteiger partial charge in [-0.3, -0.25) is 0 Å². The van der Waals surface area contributed by atoms with Crippen molar-refractivity contribution in [3.8, 4) is 0 Å². The van der Waals surface area contributed by atoms with E-state index in [-0.39, 0.29) is 12.0 Å². The van der Waals surface area contributed by atoms with Gasteiger partial charge in [0.2, 0.25) is 0 Å². The molecule has 0 unspecified atom stereocenters. The molecule has 5 nitrogen and oxygen atoms in total. The largest absolute Gasteiger partial charge is 0.479 e. The fourth-order valence-corrected chi connectivity index (χ4v) is 1.44.